The molecular formula is C11H17N3O. The minimum atomic E-state index is -0.286. The van der Waals surface area contributed by atoms with Crippen LogP contribution in [0.25, 0.3) is 0 Å². The Morgan fingerprint density at radius 3 is 2.47 bits per heavy atom. The lowest BCUT2D eigenvalue weighted by Crippen LogP contribution is -2.45. The second kappa shape index (κ2) is 4.52. The van der Waals surface area contributed by atoms with Crippen LogP contribution in [0.15, 0.2) is 0 Å². The van der Waals surface area contributed by atoms with Crippen molar-refractivity contribution < 1.29 is 4.79 Å². The van der Waals surface area contributed by atoms with Crippen LogP contribution in [0.2, 0.25) is 0 Å². The number of rotatable bonds is 3. The average Bonchev–Trinajstić information content (AvgIpc) is 2.95. The van der Waals surface area contributed by atoms with Crippen molar-refractivity contribution >= 4 is 6.03 Å². The smallest absolute Gasteiger partial charge is 0.316 e. The molecule has 0 heterocycles. The van der Waals surface area contributed by atoms with Crippen molar-refractivity contribution in [2.24, 2.45) is 5.92 Å². The summed E-state index contributed by atoms with van der Waals surface area (Å²) in [5, 5.41) is 14.5. The molecule has 0 saturated heterocycles. The zero-order valence-corrected chi connectivity index (χ0v) is 8.83. The van der Waals surface area contributed by atoms with E-state index >= 15 is 0 Å². The summed E-state index contributed by atoms with van der Waals surface area (Å²) >= 11 is 0. The number of carbonyl (C=O) groups is 1. The van der Waals surface area contributed by atoms with E-state index in [1.165, 1.54) is 12.8 Å². The molecule has 0 radical (unpaired) electrons. The minimum absolute atomic E-state index is 0.166. The van der Waals surface area contributed by atoms with Crippen LogP contribution in [0, 0.1) is 17.2 Å². The highest BCUT2D eigenvalue weighted by molar-refractivity contribution is 5.75. The van der Waals surface area contributed by atoms with Gasteiger partial charge in [-0.25, -0.2) is 4.79 Å². The highest BCUT2D eigenvalue weighted by Crippen LogP contribution is 2.32. The van der Waals surface area contributed by atoms with Crippen LogP contribution in [-0.4, -0.2) is 18.1 Å². The first kappa shape index (κ1) is 10.3. The maximum Gasteiger partial charge on any atom is 0.316 e. The highest BCUT2D eigenvalue weighted by atomic mass is 16.2. The van der Waals surface area contributed by atoms with E-state index in [1.54, 1.807) is 0 Å². The lowest BCUT2D eigenvalue weighted by molar-refractivity contribution is 0.234. The number of carbonyl (C=O) groups excluding carboxylic acids is 1. The number of nitriles is 1. The fraction of sp³-hybridized carbons (Fsp3) is 0.818. The van der Waals surface area contributed by atoms with Crippen LogP contribution in [0.3, 0.4) is 0 Å². The second-order valence-electron chi connectivity index (χ2n) is 4.54. The molecule has 0 spiro atoms. The monoisotopic (exact) mass is 207 g/mol. The molecule has 2 aliphatic carbocycles. The third-order valence-electron chi connectivity index (χ3n) is 3.21. The van der Waals surface area contributed by atoms with Gasteiger partial charge in [-0.15, -0.1) is 0 Å². The molecule has 1 unspecified atom stereocenters. The number of nitrogens with one attached hydrogen (secondary N) is 2. The van der Waals surface area contributed by atoms with Gasteiger partial charge in [0.15, 0.2) is 0 Å². The van der Waals surface area contributed by atoms with E-state index in [9.17, 15) is 4.79 Å². The first-order valence-corrected chi connectivity index (χ1v) is 5.76. The zero-order valence-electron chi connectivity index (χ0n) is 8.83. The lowest BCUT2D eigenvalue weighted by atomic mass is 10.2. The molecule has 2 aliphatic rings. The predicted octanol–water partition coefficient (Wildman–Crippen LogP) is 1.53. The van der Waals surface area contributed by atoms with E-state index in [-0.39, 0.29) is 12.1 Å². The number of hydrogen-bond acceptors (Lipinski definition) is 2. The Balaban J connectivity index is 1.73. The van der Waals surface area contributed by atoms with Gasteiger partial charge in [0, 0.05) is 6.04 Å². The van der Waals surface area contributed by atoms with E-state index in [4.69, 9.17) is 5.26 Å². The quantitative estimate of drug-likeness (QED) is 0.737. The third-order valence-corrected chi connectivity index (χ3v) is 3.21. The fourth-order valence-corrected chi connectivity index (χ4v) is 2.12. The Hall–Kier alpha value is -1.24. The summed E-state index contributed by atoms with van der Waals surface area (Å²) in [7, 11) is 0. The first-order chi connectivity index (χ1) is 7.29. The van der Waals surface area contributed by atoms with Gasteiger partial charge in [-0.05, 0) is 31.6 Å². The molecule has 4 nitrogen and oxygen atoms in total. The number of nitrogens with zero attached hydrogens (tertiary/aromatic N) is 1. The number of amides is 2. The van der Waals surface area contributed by atoms with Crippen molar-refractivity contribution in [3.8, 4) is 6.07 Å². The van der Waals surface area contributed by atoms with Crippen LogP contribution in [-0.2, 0) is 0 Å². The molecule has 0 aliphatic heterocycles. The maximum absolute atomic E-state index is 11.5. The molecule has 4 heteroatoms. The summed E-state index contributed by atoms with van der Waals surface area (Å²) in [6, 6.07) is 2.02. The van der Waals surface area contributed by atoms with Gasteiger partial charge in [0.2, 0.25) is 0 Å². The van der Waals surface area contributed by atoms with Crippen molar-refractivity contribution in [1.29, 1.82) is 5.26 Å². The minimum Gasteiger partial charge on any atom is -0.335 e. The van der Waals surface area contributed by atoms with Crippen molar-refractivity contribution in [2.75, 3.05) is 0 Å². The largest absolute Gasteiger partial charge is 0.335 e. The van der Waals surface area contributed by atoms with Crippen LogP contribution < -0.4 is 10.6 Å². The molecule has 2 fully saturated rings. The molecule has 1 atom stereocenters. The lowest BCUT2D eigenvalue weighted by Gasteiger charge is -2.15. The van der Waals surface area contributed by atoms with E-state index in [0.29, 0.717) is 12.0 Å². The van der Waals surface area contributed by atoms with Gasteiger partial charge in [-0.1, -0.05) is 12.8 Å². The molecule has 15 heavy (non-hydrogen) atoms. The molecule has 82 valence electrons. The topological polar surface area (TPSA) is 64.9 Å². The fourth-order valence-electron chi connectivity index (χ4n) is 2.12. The summed E-state index contributed by atoms with van der Waals surface area (Å²) in [6.07, 6.45) is 6.70. The predicted molar refractivity (Wildman–Crippen MR) is 56.0 cm³/mol. The van der Waals surface area contributed by atoms with Crippen molar-refractivity contribution in [1.82, 2.24) is 10.6 Å². The Morgan fingerprint density at radius 2 is 1.93 bits per heavy atom. The van der Waals surface area contributed by atoms with Gasteiger partial charge in [0.25, 0.3) is 0 Å². The molecule has 2 N–H and O–H groups in total. The van der Waals surface area contributed by atoms with E-state index in [2.05, 4.69) is 16.7 Å². The molecular weight excluding hydrogens is 190 g/mol. The van der Waals surface area contributed by atoms with Crippen LogP contribution in [0.4, 0.5) is 4.79 Å². The summed E-state index contributed by atoms with van der Waals surface area (Å²) in [5.74, 6) is 0.393. The highest BCUT2D eigenvalue weighted by Gasteiger charge is 2.32. The normalized spacial score (nSPS) is 23.1. The number of hydrogen-bond donors (Lipinski definition) is 2. The summed E-state index contributed by atoms with van der Waals surface area (Å²) in [6.45, 7) is 0. The summed E-state index contributed by atoms with van der Waals surface area (Å²) in [4.78, 5) is 11.5. The standard InChI is InChI=1S/C11H17N3O/c12-7-10(8-5-6-8)14-11(15)13-9-3-1-2-4-9/h8-10H,1-6H2,(H2,13,14,15). The third kappa shape index (κ3) is 2.85. The summed E-state index contributed by atoms with van der Waals surface area (Å²) < 4.78 is 0. The molecule has 0 bridgehead atoms. The second-order valence-corrected chi connectivity index (χ2v) is 4.54. The van der Waals surface area contributed by atoms with Gasteiger partial charge in [-0.2, -0.15) is 5.26 Å². The molecule has 2 rings (SSSR count). The molecule has 0 aromatic heterocycles. The Morgan fingerprint density at radius 1 is 1.27 bits per heavy atom. The SMILES string of the molecule is N#CC(NC(=O)NC1CCCC1)C1CC1. The van der Waals surface area contributed by atoms with Crippen LogP contribution >= 0.6 is 0 Å². The Kier molecular flexibility index (Phi) is 3.10. The van der Waals surface area contributed by atoms with Crippen molar-refractivity contribution in [2.45, 2.75) is 50.6 Å². The molecule has 0 aromatic rings. The van der Waals surface area contributed by atoms with Gasteiger partial charge >= 0.3 is 6.03 Å². The Bertz CT molecular complexity index is 274. The van der Waals surface area contributed by atoms with E-state index < -0.39 is 0 Å². The van der Waals surface area contributed by atoms with Crippen molar-refractivity contribution in [3.05, 3.63) is 0 Å². The molecule has 0 aromatic carbocycles. The summed E-state index contributed by atoms with van der Waals surface area (Å²) in [5.41, 5.74) is 0. The van der Waals surface area contributed by atoms with Gasteiger partial charge in [0.1, 0.15) is 6.04 Å². The van der Waals surface area contributed by atoms with Crippen LogP contribution in [0.5, 0.6) is 0 Å². The van der Waals surface area contributed by atoms with Crippen molar-refractivity contribution in [3.63, 3.8) is 0 Å². The van der Waals surface area contributed by atoms with Gasteiger partial charge < -0.3 is 10.6 Å². The van der Waals surface area contributed by atoms with Gasteiger partial charge in [0.05, 0.1) is 6.07 Å². The average molecular weight is 207 g/mol. The van der Waals surface area contributed by atoms with E-state index in [0.717, 1.165) is 25.7 Å². The molecule has 2 saturated carbocycles. The first-order valence-electron chi connectivity index (χ1n) is 5.76. The zero-order chi connectivity index (χ0) is 10.7. The van der Waals surface area contributed by atoms with Crippen LogP contribution in [0.1, 0.15) is 38.5 Å². The maximum atomic E-state index is 11.5. The molecule has 2 amide bonds. The Labute approximate surface area is 90.0 Å². The van der Waals surface area contributed by atoms with E-state index in [1.807, 2.05) is 0 Å². The number of urea groups is 1. The van der Waals surface area contributed by atoms with Gasteiger partial charge in [-0.3, -0.25) is 0 Å².